The van der Waals surface area contributed by atoms with Gasteiger partial charge in [-0.15, -0.1) is 5.10 Å². The SMILES string of the molecule is COC1/C(=N/N=c2/sc3ccccc3n2C)CCCC1Br. The van der Waals surface area contributed by atoms with Crippen LogP contribution in [-0.4, -0.2) is 28.3 Å². The van der Waals surface area contributed by atoms with Gasteiger partial charge in [-0.2, -0.15) is 5.10 Å². The van der Waals surface area contributed by atoms with Crippen molar-refractivity contribution in [3.8, 4) is 0 Å². The van der Waals surface area contributed by atoms with E-state index in [4.69, 9.17) is 4.74 Å². The van der Waals surface area contributed by atoms with Crippen LogP contribution in [0.25, 0.3) is 10.2 Å². The molecule has 1 aromatic heterocycles. The van der Waals surface area contributed by atoms with Gasteiger partial charge in [-0.3, -0.25) is 0 Å². The molecule has 0 bridgehead atoms. The van der Waals surface area contributed by atoms with Crippen molar-refractivity contribution in [3.05, 3.63) is 29.1 Å². The minimum atomic E-state index is 0.0298. The van der Waals surface area contributed by atoms with Crippen LogP contribution in [0.3, 0.4) is 0 Å². The van der Waals surface area contributed by atoms with Gasteiger partial charge in [0.15, 0.2) is 0 Å². The molecule has 0 radical (unpaired) electrons. The lowest BCUT2D eigenvalue weighted by atomic mass is 9.95. The number of para-hydroxylation sites is 1. The maximum Gasteiger partial charge on any atom is 0.211 e. The average molecular weight is 368 g/mol. The molecule has 4 nitrogen and oxygen atoms in total. The monoisotopic (exact) mass is 367 g/mol. The number of thiazole rings is 1. The fourth-order valence-electron chi connectivity index (χ4n) is 2.66. The van der Waals surface area contributed by atoms with E-state index in [1.54, 1.807) is 18.4 Å². The van der Waals surface area contributed by atoms with Gasteiger partial charge in [-0.05, 0) is 31.4 Å². The number of fused-ring (bicyclic) bond motifs is 1. The fourth-order valence-corrected chi connectivity index (χ4v) is 4.47. The first kappa shape index (κ1) is 14.9. The van der Waals surface area contributed by atoms with Crippen LogP contribution in [0.2, 0.25) is 0 Å². The van der Waals surface area contributed by atoms with E-state index in [9.17, 15) is 0 Å². The fraction of sp³-hybridized carbons (Fsp3) is 0.467. The van der Waals surface area contributed by atoms with Crippen LogP contribution >= 0.6 is 27.3 Å². The zero-order valence-corrected chi connectivity index (χ0v) is 14.5. The predicted molar refractivity (Wildman–Crippen MR) is 91.2 cm³/mol. The summed E-state index contributed by atoms with van der Waals surface area (Å²) in [4.78, 5) is 1.25. The number of aromatic nitrogens is 1. The van der Waals surface area contributed by atoms with Crippen LogP contribution in [-0.2, 0) is 11.8 Å². The summed E-state index contributed by atoms with van der Waals surface area (Å²) >= 11 is 5.33. The molecule has 2 unspecified atom stereocenters. The van der Waals surface area contributed by atoms with Crippen molar-refractivity contribution < 1.29 is 4.74 Å². The molecule has 1 heterocycles. The maximum atomic E-state index is 5.55. The van der Waals surface area contributed by atoms with Gasteiger partial charge in [0.1, 0.15) is 6.10 Å². The lowest BCUT2D eigenvalue weighted by molar-refractivity contribution is 0.144. The van der Waals surface area contributed by atoms with Crippen LogP contribution in [0.1, 0.15) is 19.3 Å². The van der Waals surface area contributed by atoms with E-state index in [2.05, 4.69) is 42.8 Å². The minimum Gasteiger partial charge on any atom is -0.374 e. The molecule has 0 N–H and O–H groups in total. The Hall–Kier alpha value is -0.980. The molecule has 112 valence electrons. The number of nitrogens with zero attached hydrogens (tertiary/aromatic N) is 3. The zero-order chi connectivity index (χ0) is 14.8. The Bertz CT molecular complexity index is 734. The molecule has 1 aliphatic carbocycles. The van der Waals surface area contributed by atoms with Crippen molar-refractivity contribution in [1.82, 2.24) is 4.57 Å². The summed E-state index contributed by atoms with van der Waals surface area (Å²) in [5.41, 5.74) is 2.22. The summed E-state index contributed by atoms with van der Waals surface area (Å²) in [6, 6.07) is 8.30. The van der Waals surface area contributed by atoms with E-state index in [1.165, 1.54) is 10.2 Å². The van der Waals surface area contributed by atoms with Crippen LogP contribution in [0.5, 0.6) is 0 Å². The van der Waals surface area contributed by atoms with Gasteiger partial charge in [0.25, 0.3) is 0 Å². The lowest BCUT2D eigenvalue weighted by Gasteiger charge is -2.26. The number of benzene rings is 1. The standard InChI is InChI=1S/C15H18BrN3OS/c1-19-12-8-3-4-9-13(12)21-15(19)18-17-11-7-5-6-10(16)14(11)20-2/h3-4,8-10,14H,5-7H2,1-2H3/b17-11+,18-15+. The van der Waals surface area contributed by atoms with E-state index in [1.807, 2.05) is 19.2 Å². The topological polar surface area (TPSA) is 38.9 Å². The van der Waals surface area contributed by atoms with Crippen molar-refractivity contribution in [2.45, 2.75) is 30.2 Å². The third-order valence-corrected chi connectivity index (χ3v) is 5.84. The molecule has 2 aromatic rings. The van der Waals surface area contributed by atoms with Crippen LogP contribution in [0.4, 0.5) is 0 Å². The molecule has 0 aliphatic heterocycles. The summed E-state index contributed by atoms with van der Waals surface area (Å²) in [6.45, 7) is 0. The first-order chi connectivity index (χ1) is 10.2. The Balaban J connectivity index is 2.00. The van der Waals surface area contributed by atoms with E-state index in [0.717, 1.165) is 29.8 Å². The first-order valence-corrected chi connectivity index (χ1v) is 8.76. The van der Waals surface area contributed by atoms with Crippen molar-refractivity contribution in [2.75, 3.05) is 7.11 Å². The molecular formula is C15H18BrN3OS. The van der Waals surface area contributed by atoms with Crippen molar-refractivity contribution in [1.29, 1.82) is 0 Å². The molecule has 1 aromatic carbocycles. The second-order valence-electron chi connectivity index (χ2n) is 5.17. The third-order valence-electron chi connectivity index (χ3n) is 3.80. The van der Waals surface area contributed by atoms with Gasteiger partial charge < -0.3 is 9.30 Å². The quantitative estimate of drug-likeness (QED) is 0.591. The van der Waals surface area contributed by atoms with Crippen molar-refractivity contribution >= 4 is 43.2 Å². The first-order valence-electron chi connectivity index (χ1n) is 7.02. The highest BCUT2D eigenvalue weighted by Crippen LogP contribution is 2.25. The van der Waals surface area contributed by atoms with Gasteiger partial charge in [-0.25, -0.2) is 0 Å². The molecule has 1 fully saturated rings. The number of alkyl halides is 1. The average Bonchev–Trinajstić information content (AvgIpc) is 2.82. The van der Waals surface area contributed by atoms with Crippen LogP contribution < -0.4 is 4.80 Å². The molecule has 2 atom stereocenters. The highest BCUT2D eigenvalue weighted by Gasteiger charge is 2.28. The van der Waals surface area contributed by atoms with Crippen LogP contribution in [0.15, 0.2) is 34.5 Å². The van der Waals surface area contributed by atoms with Gasteiger partial charge >= 0.3 is 0 Å². The molecule has 1 aliphatic rings. The number of aryl methyl sites for hydroxylation is 1. The molecule has 6 heteroatoms. The Morgan fingerprint density at radius 3 is 2.90 bits per heavy atom. The molecule has 1 saturated carbocycles. The second kappa shape index (κ2) is 6.42. The third kappa shape index (κ3) is 2.98. The number of rotatable bonds is 2. The number of hydrogen-bond acceptors (Lipinski definition) is 4. The van der Waals surface area contributed by atoms with Gasteiger partial charge in [-0.1, -0.05) is 39.4 Å². The highest BCUT2D eigenvalue weighted by atomic mass is 79.9. The molecule has 3 rings (SSSR count). The largest absolute Gasteiger partial charge is 0.374 e. The van der Waals surface area contributed by atoms with Gasteiger partial charge in [0, 0.05) is 19.0 Å². The summed E-state index contributed by atoms with van der Waals surface area (Å²) in [5.74, 6) is 0. The molecule has 0 saturated heterocycles. The van der Waals surface area contributed by atoms with Gasteiger partial charge in [0.05, 0.1) is 15.9 Å². The number of halogens is 1. The Kier molecular flexibility index (Phi) is 4.57. The Morgan fingerprint density at radius 2 is 2.14 bits per heavy atom. The number of ether oxygens (including phenoxy) is 1. The number of methoxy groups -OCH3 is 1. The highest BCUT2D eigenvalue weighted by molar-refractivity contribution is 9.09. The summed E-state index contributed by atoms with van der Waals surface area (Å²) < 4.78 is 8.86. The molecule has 0 spiro atoms. The molecule has 0 amide bonds. The Morgan fingerprint density at radius 1 is 1.33 bits per heavy atom. The molecular weight excluding hydrogens is 350 g/mol. The molecule has 21 heavy (non-hydrogen) atoms. The summed E-state index contributed by atoms with van der Waals surface area (Å²) in [6.07, 6.45) is 3.23. The summed E-state index contributed by atoms with van der Waals surface area (Å²) in [5, 5.41) is 8.96. The van der Waals surface area contributed by atoms with Crippen LogP contribution in [0, 0.1) is 0 Å². The van der Waals surface area contributed by atoms with E-state index in [0.29, 0.717) is 4.83 Å². The second-order valence-corrected chi connectivity index (χ2v) is 7.35. The zero-order valence-electron chi connectivity index (χ0n) is 12.1. The predicted octanol–water partition coefficient (Wildman–Crippen LogP) is 3.46. The Labute approximate surface area is 136 Å². The van der Waals surface area contributed by atoms with Crippen molar-refractivity contribution in [3.63, 3.8) is 0 Å². The van der Waals surface area contributed by atoms with Crippen molar-refractivity contribution in [2.24, 2.45) is 17.3 Å². The minimum absolute atomic E-state index is 0.0298. The maximum absolute atomic E-state index is 5.55. The summed E-state index contributed by atoms with van der Waals surface area (Å²) in [7, 11) is 3.76. The van der Waals surface area contributed by atoms with E-state index in [-0.39, 0.29) is 6.10 Å². The van der Waals surface area contributed by atoms with Gasteiger partial charge in [0.2, 0.25) is 4.80 Å². The van der Waals surface area contributed by atoms with E-state index < -0.39 is 0 Å². The normalized spacial score (nSPS) is 25.9. The lowest BCUT2D eigenvalue weighted by Crippen LogP contribution is -2.36. The number of hydrogen-bond donors (Lipinski definition) is 0. The van der Waals surface area contributed by atoms with E-state index >= 15 is 0 Å². The smallest absolute Gasteiger partial charge is 0.211 e.